The van der Waals surface area contributed by atoms with Crippen LogP contribution in [0.25, 0.3) is 33.2 Å². The van der Waals surface area contributed by atoms with Gasteiger partial charge in [-0.05, 0) is 52.6 Å². The van der Waals surface area contributed by atoms with Crippen LogP contribution < -0.4 is 0 Å². The lowest BCUT2D eigenvalue weighted by Crippen LogP contribution is -2.24. The van der Waals surface area contributed by atoms with Crippen LogP contribution in [-0.2, 0) is 40.3 Å². The predicted octanol–water partition coefficient (Wildman–Crippen LogP) is 7.31. The number of rotatable bonds is 6. The largest absolute Gasteiger partial charge is 0.330 e. The number of carbonyl (C=O) groups excluding carboxylic acids is 2. The Morgan fingerprint density at radius 2 is 1.29 bits per heavy atom. The Morgan fingerprint density at radius 1 is 0.654 bits per heavy atom. The Labute approximate surface area is 298 Å². The highest BCUT2D eigenvalue weighted by molar-refractivity contribution is 5.98. The number of fused-ring (bicyclic) bond motifs is 3. The van der Waals surface area contributed by atoms with E-state index >= 15 is 0 Å². The van der Waals surface area contributed by atoms with E-state index in [4.69, 9.17) is 0 Å². The maximum atomic E-state index is 14.8. The third-order valence-electron chi connectivity index (χ3n) is 9.59. The van der Waals surface area contributed by atoms with E-state index in [1.54, 1.807) is 55.8 Å². The Balaban J connectivity index is 0.000000151. The third-order valence-corrected chi connectivity index (χ3v) is 9.59. The van der Waals surface area contributed by atoms with Crippen LogP contribution in [-0.4, -0.2) is 46.2 Å². The second-order valence-corrected chi connectivity index (χ2v) is 13.0. The van der Waals surface area contributed by atoms with Crippen molar-refractivity contribution in [2.75, 3.05) is 0 Å². The van der Waals surface area contributed by atoms with Crippen LogP contribution in [0.4, 0.5) is 8.78 Å². The fourth-order valence-corrected chi connectivity index (χ4v) is 6.77. The molecule has 4 aromatic carbocycles. The SMILES string of the molecule is Cn1cc(-c2ccc(CN3Cc4cccnc4C3=O)c(F)c2)cn1.Cn1ncc2ccc(-c3ccc(CN4Cc5ccccc5C4=O)c(F)c3)cc21. The van der Waals surface area contributed by atoms with Crippen LogP contribution in [0, 0.1) is 11.6 Å². The van der Waals surface area contributed by atoms with Crippen LogP contribution in [0.15, 0.2) is 116 Å². The second-order valence-electron chi connectivity index (χ2n) is 13.0. The third kappa shape index (κ3) is 6.21. The van der Waals surface area contributed by atoms with E-state index in [-0.39, 0.29) is 36.5 Å². The topological polar surface area (TPSA) is 89.2 Å². The summed E-state index contributed by atoms with van der Waals surface area (Å²) in [6.07, 6.45) is 6.94. The summed E-state index contributed by atoms with van der Waals surface area (Å²) in [5, 5.41) is 9.40. The van der Waals surface area contributed by atoms with Gasteiger partial charge in [0.25, 0.3) is 11.8 Å². The summed E-state index contributed by atoms with van der Waals surface area (Å²) >= 11 is 0. The molecular weight excluding hydrogens is 660 g/mol. The molecule has 5 heterocycles. The van der Waals surface area contributed by atoms with Crippen molar-refractivity contribution in [3.63, 3.8) is 0 Å². The zero-order valence-electron chi connectivity index (χ0n) is 28.5. The molecule has 0 aliphatic carbocycles. The summed E-state index contributed by atoms with van der Waals surface area (Å²) in [5.41, 5.74) is 8.43. The van der Waals surface area contributed by atoms with Gasteiger partial charge in [-0.3, -0.25) is 23.9 Å². The number of benzene rings is 4. The van der Waals surface area contributed by atoms with Gasteiger partial charge in [0.1, 0.15) is 17.3 Å². The summed E-state index contributed by atoms with van der Waals surface area (Å²) < 4.78 is 32.8. The van der Waals surface area contributed by atoms with Crippen LogP contribution in [0.2, 0.25) is 0 Å². The van der Waals surface area contributed by atoms with Gasteiger partial charge in [-0.1, -0.05) is 60.7 Å². The molecule has 7 aromatic rings. The lowest BCUT2D eigenvalue weighted by atomic mass is 10.0. The minimum absolute atomic E-state index is 0.0410. The van der Waals surface area contributed by atoms with Crippen LogP contribution in [0.3, 0.4) is 0 Å². The van der Waals surface area contributed by atoms with Gasteiger partial charge in [-0.25, -0.2) is 8.78 Å². The number of hydrogen-bond donors (Lipinski definition) is 0. The molecule has 2 aliphatic heterocycles. The van der Waals surface area contributed by atoms with Crippen molar-refractivity contribution in [3.05, 3.63) is 161 Å². The van der Waals surface area contributed by atoms with Gasteiger partial charge in [0.15, 0.2) is 0 Å². The highest BCUT2D eigenvalue weighted by Gasteiger charge is 2.29. The number of aryl methyl sites for hydroxylation is 2. The normalized spacial score (nSPS) is 13.4. The molecule has 3 aromatic heterocycles. The summed E-state index contributed by atoms with van der Waals surface area (Å²) in [6.45, 7) is 1.48. The van der Waals surface area contributed by atoms with Crippen molar-refractivity contribution in [2.45, 2.75) is 26.2 Å². The second kappa shape index (κ2) is 13.3. The molecule has 9 nitrogen and oxygen atoms in total. The summed E-state index contributed by atoms with van der Waals surface area (Å²) in [7, 11) is 3.71. The maximum absolute atomic E-state index is 14.8. The highest BCUT2D eigenvalue weighted by atomic mass is 19.1. The molecule has 11 heteroatoms. The fraction of sp³-hybridized carbons (Fsp3) is 0.146. The van der Waals surface area contributed by atoms with Gasteiger partial charge in [0.2, 0.25) is 0 Å². The molecule has 0 N–H and O–H groups in total. The summed E-state index contributed by atoms with van der Waals surface area (Å²) in [4.78, 5) is 32.3. The van der Waals surface area contributed by atoms with Crippen molar-refractivity contribution < 1.29 is 18.4 Å². The quantitative estimate of drug-likeness (QED) is 0.182. The lowest BCUT2D eigenvalue weighted by molar-refractivity contribution is 0.0755. The molecule has 0 saturated carbocycles. The molecule has 2 aliphatic rings. The van der Waals surface area contributed by atoms with Crippen molar-refractivity contribution in [1.29, 1.82) is 0 Å². The molecule has 258 valence electrons. The van der Waals surface area contributed by atoms with E-state index < -0.39 is 0 Å². The molecule has 0 fully saturated rings. The highest BCUT2D eigenvalue weighted by Crippen LogP contribution is 2.29. The number of aromatic nitrogens is 5. The first-order chi connectivity index (χ1) is 25.2. The van der Waals surface area contributed by atoms with Crippen molar-refractivity contribution in [3.8, 4) is 22.3 Å². The minimum atomic E-state index is -0.326. The predicted molar refractivity (Wildman–Crippen MR) is 193 cm³/mol. The van der Waals surface area contributed by atoms with Gasteiger partial charge in [-0.2, -0.15) is 10.2 Å². The van der Waals surface area contributed by atoms with E-state index in [2.05, 4.69) is 15.2 Å². The first kappa shape index (κ1) is 32.7. The van der Waals surface area contributed by atoms with Crippen LogP contribution >= 0.6 is 0 Å². The fourth-order valence-electron chi connectivity index (χ4n) is 6.77. The monoisotopic (exact) mass is 693 g/mol. The zero-order valence-corrected chi connectivity index (χ0v) is 28.5. The Hall–Kier alpha value is -6.49. The van der Waals surface area contributed by atoms with Gasteiger partial charge in [-0.15, -0.1) is 0 Å². The van der Waals surface area contributed by atoms with Crippen molar-refractivity contribution >= 4 is 22.7 Å². The van der Waals surface area contributed by atoms with E-state index in [1.807, 2.05) is 87.2 Å². The van der Waals surface area contributed by atoms with Crippen LogP contribution in [0.5, 0.6) is 0 Å². The molecule has 0 bridgehead atoms. The van der Waals surface area contributed by atoms with Gasteiger partial charge in [0.05, 0.1) is 17.9 Å². The first-order valence-electron chi connectivity index (χ1n) is 16.8. The Kier molecular flexibility index (Phi) is 8.38. The van der Waals surface area contributed by atoms with Gasteiger partial charge >= 0.3 is 0 Å². The molecule has 0 unspecified atom stereocenters. The summed E-state index contributed by atoms with van der Waals surface area (Å²) in [6, 6.07) is 27.5. The Morgan fingerprint density at radius 3 is 1.96 bits per heavy atom. The van der Waals surface area contributed by atoms with Gasteiger partial charge in [0, 0.05) is 85.9 Å². The maximum Gasteiger partial charge on any atom is 0.273 e. The number of carbonyl (C=O) groups is 2. The molecule has 2 amide bonds. The number of hydrogen-bond acceptors (Lipinski definition) is 5. The average molecular weight is 694 g/mol. The van der Waals surface area contributed by atoms with Crippen molar-refractivity contribution in [2.24, 2.45) is 14.1 Å². The number of halogens is 2. The smallest absolute Gasteiger partial charge is 0.273 e. The number of amides is 2. The van der Waals surface area contributed by atoms with Crippen molar-refractivity contribution in [1.82, 2.24) is 34.3 Å². The van der Waals surface area contributed by atoms with E-state index in [9.17, 15) is 18.4 Å². The van der Waals surface area contributed by atoms with Gasteiger partial charge < -0.3 is 9.80 Å². The molecule has 52 heavy (non-hydrogen) atoms. The van der Waals surface area contributed by atoms with Crippen LogP contribution in [0.1, 0.15) is 43.1 Å². The lowest BCUT2D eigenvalue weighted by Gasteiger charge is -2.16. The number of pyridine rings is 1. The molecule has 0 radical (unpaired) electrons. The molecule has 9 rings (SSSR count). The minimum Gasteiger partial charge on any atom is -0.330 e. The van der Waals surface area contributed by atoms with E-state index in [0.29, 0.717) is 35.5 Å². The number of nitrogens with zero attached hydrogens (tertiary/aromatic N) is 7. The molecular formula is C41H33F2N7O2. The average Bonchev–Trinajstić information content (AvgIpc) is 3.92. The Bertz CT molecular complexity index is 2510. The molecule has 0 spiro atoms. The van der Waals surface area contributed by atoms with E-state index in [0.717, 1.165) is 44.3 Å². The summed E-state index contributed by atoms with van der Waals surface area (Å²) in [5.74, 6) is -0.818. The first-order valence-corrected chi connectivity index (χ1v) is 16.8. The van der Waals surface area contributed by atoms with E-state index in [1.165, 1.54) is 6.07 Å². The molecule has 0 atom stereocenters. The standard InChI is InChI=1S/C23H18FN3O.C18H15FN4O/c1-26-22-11-16(6-8-17(22)12-25-26)15-7-9-19(21(24)10-15)14-27-13-18-4-2-3-5-20(18)23(27)28;1-22-9-15(8-21-22)12-4-5-13(16(19)7-12)10-23-11-14-3-2-6-20-17(14)18(23)24/h2-12H,13-14H2,1H3;2-9H,10-11H2,1H3. The zero-order chi connectivity index (χ0) is 35.9. The molecule has 0 saturated heterocycles.